The second-order valence-electron chi connectivity index (χ2n) is 2.45. The Labute approximate surface area is 67.0 Å². The third-order valence-corrected chi connectivity index (χ3v) is 3.30. The Kier molecular flexibility index (Phi) is 2.67. The highest BCUT2D eigenvalue weighted by molar-refractivity contribution is 7.92. The molecule has 1 aliphatic heterocycles. The molecule has 0 saturated carbocycles. The first kappa shape index (κ1) is 8.74. The van der Waals surface area contributed by atoms with Crippen LogP contribution in [0.2, 0.25) is 0 Å². The van der Waals surface area contributed by atoms with Crippen molar-refractivity contribution in [1.82, 2.24) is 0 Å². The highest BCUT2D eigenvalue weighted by Gasteiger charge is 2.31. The number of ether oxygens (including phenoxy) is 1. The number of hydrogen-bond acceptors (Lipinski definition) is 3. The first-order valence-corrected chi connectivity index (χ1v) is 5.12. The van der Waals surface area contributed by atoms with Crippen LogP contribution >= 0.6 is 0 Å². The predicted molar refractivity (Wildman–Crippen MR) is 42.6 cm³/mol. The first-order valence-electron chi connectivity index (χ1n) is 3.40. The van der Waals surface area contributed by atoms with Crippen molar-refractivity contribution in [2.45, 2.75) is 11.7 Å². The fourth-order valence-corrected chi connectivity index (χ4v) is 2.15. The predicted octanol–water partition coefficient (Wildman–Crippen LogP) is 0.538. The van der Waals surface area contributed by atoms with Crippen LogP contribution in [0.5, 0.6) is 0 Å². The van der Waals surface area contributed by atoms with E-state index < -0.39 is 15.1 Å². The van der Waals surface area contributed by atoms with E-state index in [0.717, 1.165) is 0 Å². The number of rotatable bonds is 3. The van der Waals surface area contributed by atoms with Gasteiger partial charge in [-0.2, -0.15) is 0 Å². The lowest BCUT2D eigenvalue weighted by Gasteiger charge is -2.02. The van der Waals surface area contributed by atoms with Gasteiger partial charge >= 0.3 is 0 Å². The molecule has 11 heavy (non-hydrogen) atoms. The summed E-state index contributed by atoms with van der Waals surface area (Å²) in [5.41, 5.74) is 0. The normalized spacial score (nSPS) is 28.5. The summed E-state index contributed by atoms with van der Waals surface area (Å²) >= 11 is 0. The number of sulfone groups is 1. The second-order valence-corrected chi connectivity index (χ2v) is 4.62. The van der Waals surface area contributed by atoms with Gasteiger partial charge in [-0.05, 0) is 12.8 Å². The Morgan fingerprint density at radius 2 is 2.36 bits per heavy atom. The molecule has 0 N–H and O–H groups in total. The third-order valence-electron chi connectivity index (χ3n) is 1.56. The highest BCUT2D eigenvalue weighted by Crippen LogP contribution is 2.16. The van der Waals surface area contributed by atoms with E-state index >= 15 is 0 Å². The summed E-state index contributed by atoms with van der Waals surface area (Å²) in [4.78, 5) is 0. The minimum atomic E-state index is -2.98. The Bertz CT molecular complexity index is 230. The molecule has 0 bridgehead atoms. The van der Waals surface area contributed by atoms with Gasteiger partial charge in [-0.25, -0.2) is 8.42 Å². The molecule has 0 spiro atoms. The Hall–Kier alpha value is -0.350. The van der Waals surface area contributed by atoms with E-state index in [9.17, 15) is 8.42 Å². The molecule has 1 atom stereocenters. The van der Waals surface area contributed by atoms with Crippen LogP contribution in [-0.2, 0) is 14.6 Å². The van der Waals surface area contributed by atoms with Gasteiger partial charge in [-0.3, -0.25) is 0 Å². The van der Waals surface area contributed by atoms with Gasteiger partial charge in [0.2, 0.25) is 0 Å². The average molecular weight is 175 g/mol. The summed E-state index contributed by atoms with van der Waals surface area (Å²) in [5, 5.41) is -0.416. The van der Waals surface area contributed by atoms with Gasteiger partial charge in [0.25, 0.3) is 0 Å². The Balaban J connectivity index is 2.52. The summed E-state index contributed by atoms with van der Waals surface area (Å²) in [7, 11) is -2.98. The SMILES string of the molecule is C=CC[CH]C1COCS1(=O)=O. The molecular weight excluding hydrogens is 164 g/mol. The summed E-state index contributed by atoms with van der Waals surface area (Å²) in [5.74, 6) is -0.134. The molecule has 63 valence electrons. The van der Waals surface area contributed by atoms with Gasteiger partial charge in [0.1, 0.15) is 5.94 Å². The van der Waals surface area contributed by atoms with Gasteiger partial charge < -0.3 is 4.74 Å². The standard InChI is InChI=1S/C7H11O3S/c1-2-3-4-7-5-10-6-11(7,8)9/h2,4,7H,1,3,5-6H2. The average Bonchev–Trinajstić information content (AvgIpc) is 2.25. The maximum Gasteiger partial charge on any atom is 0.179 e. The van der Waals surface area contributed by atoms with Crippen molar-refractivity contribution in [2.75, 3.05) is 12.5 Å². The van der Waals surface area contributed by atoms with Gasteiger partial charge in [0, 0.05) is 0 Å². The van der Waals surface area contributed by atoms with Crippen molar-refractivity contribution in [1.29, 1.82) is 0 Å². The van der Waals surface area contributed by atoms with Crippen LogP contribution in [0.1, 0.15) is 6.42 Å². The minimum absolute atomic E-state index is 0.134. The van der Waals surface area contributed by atoms with Crippen molar-refractivity contribution >= 4 is 9.84 Å². The molecule has 1 rings (SSSR count). The van der Waals surface area contributed by atoms with Gasteiger partial charge in [0.15, 0.2) is 9.84 Å². The Morgan fingerprint density at radius 1 is 1.64 bits per heavy atom. The van der Waals surface area contributed by atoms with Crippen LogP contribution in [-0.4, -0.2) is 26.2 Å². The largest absolute Gasteiger partial charge is 0.364 e. The monoisotopic (exact) mass is 175 g/mol. The maximum absolute atomic E-state index is 11.1. The molecule has 1 aliphatic rings. The minimum Gasteiger partial charge on any atom is -0.364 e. The van der Waals surface area contributed by atoms with Gasteiger partial charge in [-0.15, -0.1) is 6.58 Å². The van der Waals surface area contributed by atoms with Crippen LogP contribution < -0.4 is 0 Å². The fourth-order valence-electron chi connectivity index (χ4n) is 0.934. The lowest BCUT2D eigenvalue weighted by Crippen LogP contribution is -2.18. The first-order chi connectivity index (χ1) is 5.17. The smallest absolute Gasteiger partial charge is 0.179 e. The molecule has 3 nitrogen and oxygen atoms in total. The summed E-state index contributed by atoms with van der Waals surface area (Å²) in [6.07, 6.45) is 4.01. The molecule has 4 heteroatoms. The van der Waals surface area contributed by atoms with Gasteiger partial charge in [0.05, 0.1) is 11.9 Å². The number of allylic oxidation sites excluding steroid dienone is 1. The molecule has 0 amide bonds. The van der Waals surface area contributed by atoms with E-state index in [1.807, 2.05) is 0 Å². The molecule has 0 aromatic carbocycles. The van der Waals surface area contributed by atoms with Crippen molar-refractivity contribution in [3.05, 3.63) is 19.1 Å². The quantitative estimate of drug-likeness (QED) is 0.588. The molecule has 0 aliphatic carbocycles. The molecule has 0 aromatic rings. The molecule has 1 saturated heterocycles. The zero-order valence-corrected chi connectivity index (χ0v) is 7.01. The molecular formula is C7H11O3S. The van der Waals surface area contributed by atoms with E-state index in [2.05, 4.69) is 6.58 Å². The van der Waals surface area contributed by atoms with Crippen molar-refractivity contribution in [3.8, 4) is 0 Å². The van der Waals surface area contributed by atoms with Crippen molar-refractivity contribution in [3.63, 3.8) is 0 Å². The second kappa shape index (κ2) is 3.36. The van der Waals surface area contributed by atoms with Crippen molar-refractivity contribution < 1.29 is 13.2 Å². The zero-order valence-electron chi connectivity index (χ0n) is 6.19. The maximum atomic E-state index is 11.1. The van der Waals surface area contributed by atoms with E-state index in [1.54, 1.807) is 12.5 Å². The van der Waals surface area contributed by atoms with E-state index in [1.165, 1.54) is 0 Å². The number of hydrogen-bond donors (Lipinski definition) is 0. The van der Waals surface area contributed by atoms with Crippen LogP contribution in [0, 0.1) is 6.42 Å². The van der Waals surface area contributed by atoms with Crippen LogP contribution in [0.15, 0.2) is 12.7 Å². The Morgan fingerprint density at radius 3 is 2.82 bits per heavy atom. The summed E-state index contributed by atoms with van der Waals surface area (Å²) in [6, 6.07) is 0. The third kappa shape index (κ3) is 2.04. The fraction of sp³-hybridized carbons (Fsp3) is 0.571. The van der Waals surface area contributed by atoms with E-state index in [-0.39, 0.29) is 5.94 Å². The lowest BCUT2D eigenvalue weighted by molar-refractivity contribution is 0.206. The molecule has 0 aromatic heterocycles. The molecule has 1 unspecified atom stereocenters. The van der Waals surface area contributed by atoms with Crippen LogP contribution in [0.25, 0.3) is 0 Å². The van der Waals surface area contributed by atoms with Crippen LogP contribution in [0.3, 0.4) is 0 Å². The van der Waals surface area contributed by atoms with Crippen LogP contribution in [0.4, 0.5) is 0 Å². The lowest BCUT2D eigenvalue weighted by atomic mass is 10.2. The van der Waals surface area contributed by atoms with Crippen molar-refractivity contribution in [2.24, 2.45) is 0 Å². The highest BCUT2D eigenvalue weighted by atomic mass is 32.2. The topological polar surface area (TPSA) is 43.4 Å². The van der Waals surface area contributed by atoms with E-state index in [0.29, 0.717) is 13.0 Å². The summed E-state index contributed by atoms with van der Waals surface area (Å²) < 4.78 is 27.0. The molecule has 1 fully saturated rings. The van der Waals surface area contributed by atoms with E-state index in [4.69, 9.17) is 4.74 Å². The summed E-state index contributed by atoms with van der Waals surface area (Å²) in [6.45, 7) is 3.80. The van der Waals surface area contributed by atoms with Gasteiger partial charge in [-0.1, -0.05) is 6.08 Å². The molecule has 1 radical (unpaired) electrons. The zero-order chi connectivity index (χ0) is 8.32. The molecule has 1 heterocycles.